The number of benzene rings is 2. The lowest BCUT2D eigenvalue weighted by Gasteiger charge is -2.17. The highest BCUT2D eigenvalue weighted by Gasteiger charge is 2.20. The van der Waals surface area contributed by atoms with Crippen LogP contribution in [-0.4, -0.2) is 46.5 Å². The summed E-state index contributed by atoms with van der Waals surface area (Å²) in [7, 11) is 1.69. The number of cyclic esters (lactones) is 1. The van der Waals surface area contributed by atoms with Crippen LogP contribution >= 0.6 is 11.6 Å². The maximum absolute atomic E-state index is 11.9. The average Bonchev–Trinajstić information content (AvgIpc) is 3.29. The molecular formula is C24H23ClN8O3. The van der Waals surface area contributed by atoms with Crippen molar-refractivity contribution in [3.63, 3.8) is 0 Å². The smallest absolute Gasteiger partial charge is 0.414 e. The van der Waals surface area contributed by atoms with Crippen molar-refractivity contribution in [3.05, 3.63) is 59.2 Å². The van der Waals surface area contributed by atoms with E-state index in [-0.39, 0.29) is 6.09 Å². The van der Waals surface area contributed by atoms with Crippen molar-refractivity contribution < 1.29 is 13.9 Å². The maximum atomic E-state index is 11.9. The Morgan fingerprint density at radius 3 is 2.86 bits per heavy atom. The Morgan fingerprint density at radius 2 is 2.00 bits per heavy atom. The highest BCUT2D eigenvalue weighted by atomic mass is 35.5. The molecule has 0 fully saturated rings. The summed E-state index contributed by atoms with van der Waals surface area (Å²) in [6.07, 6.45) is 1.75. The zero-order valence-electron chi connectivity index (χ0n) is 19.6. The zero-order chi connectivity index (χ0) is 25.1. The number of hydrogen-bond acceptors (Lipinski definition) is 10. The number of ether oxygens (including phenoxy) is 1. The van der Waals surface area contributed by atoms with Crippen LogP contribution in [0.2, 0.25) is 5.02 Å². The highest BCUT2D eigenvalue weighted by molar-refractivity contribution is 6.33. The number of para-hydroxylation sites is 1. The summed E-state index contributed by atoms with van der Waals surface area (Å²) in [6, 6.07) is 13.5. The summed E-state index contributed by atoms with van der Waals surface area (Å²) < 4.78 is 10.9. The molecule has 1 aliphatic rings. The summed E-state index contributed by atoms with van der Waals surface area (Å²) in [5, 5.41) is 17.9. The van der Waals surface area contributed by atoms with Crippen LogP contribution in [0.15, 0.2) is 53.1 Å². The van der Waals surface area contributed by atoms with Gasteiger partial charge in [-0.25, -0.2) is 9.78 Å². The second-order valence-electron chi connectivity index (χ2n) is 7.90. The van der Waals surface area contributed by atoms with Crippen molar-refractivity contribution in [2.75, 3.05) is 41.0 Å². The Hall–Kier alpha value is -4.38. The third-order valence-electron chi connectivity index (χ3n) is 5.48. The molecular weight excluding hydrogens is 484 g/mol. The molecule has 1 amide bonds. The molecule has 0 saturated heterocycles. The van der Waals surface area contributed by atoms with E-state index in [4.69, 9.17) is 20.8 Å². The number of nitrogens with one attached hydrogen (secondary N) is 3. The van der Waals surface area contributed by atoms with Gasteiger partial charge in [0, 0.05) is 25.7 Å². The van der Waals surface area contributed by atoms with E-state index in [2.05, 4.69) is 36.1 Å². The first kappa shape index (κ1) is 23.4. The van der Waals surface area contributed by atoms with Crippen LogP contribution < -0.4 is 20.9 Å². The van der Waals surface area contributed by atoms with Gasteiger partial charge >= 0.3 is 12.1 Å². The standard InChI is InChI=1S/C24H23ClN8O3/c1-3-26-23-32-31-21(36-23)16-6-4-5-7-18(16)29-20-17(25)13-27-22(30-20)28-15-8-9-19-14(12-15)10-11-35-24(34)33(19)2/h4-9,12-13H,3,10-11H2,1-2H3,(H,26,32)(H2,27,28,29,30). The van der Waals surface area contributed by atoms with Crippen molar-refractivity contribution in [3.8, 4) is 11.5 Å². The van der Waals surface area contributed by atoms with E-state index < -0.39 is 0 Å². The molecule has 1 aliphatic heterocycles. The number of rotatable bonds is 7. The Kier molecular flexibility index (Phi) is 6.54. The van der Waals surface area contributed by atoms with E-state index in [0.29, 0.717) is 59.5 Å². The quantitative estimate of drug-likeness (QED) is 0.306. The Morgan fingerprint density at radius 1 is 1.14 bits per heavy atom. The number of nitrogens with zero attached hydrogens (tertiary/aromatic N) is 5. The number of amides is 1. The van der Waals surface area contributed by atoms with Gasteiger partial charge in [-0.15, -0.1) is 5.10 Å². The van der Waals surface area contributed by atoms with Crippen molar-refractivity contribution in [1.82, 2.24) is 20.2 Å². The van der Waals surface area contributed by atoms with Gasteiger partial charge in [-0.05, 0) is 42.8 Å². The van der Waals surface area contributed by atoms with Gasteiger partial charge in [-0.2, -0.15) is 4.98 Å². The second kappa shape index (κ2) is 10.1. The van der Waals surface area contributed by atoms with Gasteiger partial charge in [0.2, 0.25) is 5.95 Å². The Balaban J connectivity index is 1.39. The summed E-state index contributed by atoms with van der Waals surface area (Å²) in [6.45, 7) is 2.93. The molecule has 11 nitrogen and oxygen atoms in total. The van der Waals surface area contributed by atoms with Crippen LogP contribution in [0.5, 0.6) is 0 Å². The molecule has 0 atom stereocenters. The summed E-state index contributed by atoms with van der Waals surface area (Å²) in [5.41, 5.74) is 3.94. The van der Waals surface area contributed by atoms with Crippen LogP contribution in [0.25, 0.3) is 11.5 Å². The second-order valence-corrected chi connectivity index (χ2v) is 8.30. The van der Waals surface area contributed by atoms with Gasteiger partial charge in [0.1, 0.15) is 5.02 Å². The SMILES string of the molecule is CCNc1nnc(-c2ccccc2Nc2nc(Nc3ccc4c(c3)CCOC(=O)N4C)ncc2Cl)o1. The zero-order valence-corrected chi connectivity index (χ0v) is 20.3. The molecule has 12 heteroatoms. The van der Waals surface area contributed by atoms with E-state index in [0.717, 1.165) is 16.9 Å². The van der Waals surface area contributed by atoms with Crippen LogP contribution in [0, 0.1) is 0 Å². The van der Waals surface area contributed by atoms with E-state index in [1.165, 1.54) is 11.1 Å². The monoisotopic (exact) mass is 506 g/mol. The normalized spacial score (nSPS) is 13.0. The molecule has 0 aliphatic carbocycles. The molecule has 0 saturated carbocycles. The first-order valence-corrected chi connectivity index (χ1v) is 11.7. The summed E-state index contributed by atoms with van der Waals surface area (Å²) in [4.78, 5) is 22.3. The van der Waals surface area contributed by atoms with Gasteiger partial charge in [0.05, 0.1) is 29.7 Å². The lowest BCUT2D eigenvalue weighted by atomic mass is 10.1. The minimum Gasteiger partial charge on any atom is -0.449 e. The molecule has 2 aromatic heterocycles. The average molecular weight is 507 g/mol. The van der Waals surface area contributed by atoms with E-state index in [1.54, 1.807) is 7.05 Å². The third kappa shape index (κ3) is 4.86. The van der Waals surface area contributed by atoms with Crippen molar-refractivity contribution in [2.24, 2.45) is 0 Å². The molecule has 3 N–H and O–H groups in total. The van der Waals surface area contributed by atoms with Gasteiger partial charge in [0.25, 0.3) is 5.89 Å². The molecule has 184 valence electrons. The molecule has 0 radical (unpaired) electrons. The minimum atomic E-state index is -0.370. The van der Waals surface area contributed by atoms with Gasteiger partial charge in [-0.3, -0.25) is 4.90 Å². The van der Waals surface area contributed by atoms with Crippen LogP contribution in [0.4, 0.5) is 39.6 Å². The topological polar surface area (TPSA) is 130 Å². The fraction of sp³-hybridized carbons (Fsp3) is 0.208. The lowest BCUT2D eigenvalue weighted by molar-refractivity contribution is 0.159. The number of aromatic nitrogens is 4. The van der Waals surface area contributed by atoms with Crippen molar-refractivity contribution in [2.45, 2.75) is 13.3 Å². The largest absolute Gasteiger partial charge is 0.449 e. The fourth-order valence-electron chi connectivity index (χ4n) is 3.74. The number of anilines is 6. The van der Waals surface area contributed by atoms with E-state index in [1.807, 2.05) is 49.4 Å². The number of carbonyl (C=O) groups excluding carboxylic acids is 1. The maximum Gasteiger partial charge on any atom is 0.414 e. The van der Waals surface area contributed by atoms with Crippen molar-refractivity contribution >= 4 is 52.5 Å². The van der Waals surface area contributed by atoms with Crippen LogP contribution in [-0.2, 0) is 11.2 Å². The van der Waals surface area contributed by atoms with E-state index >= 15 is 0 Å². The molecule has 36 heavy (non-hydrogen) atoms. The van der Waals surface area contributed by atoms with Gasteiger partial charge < -0.3 is 25.1 Å². The summed E-state index contributed by atoms with van der Waals surface area (Å²) in [5.74, 6) is 1.11. The molecule has 2 aromatic carbocycles. The molecule has 5 rings (SSSR count). The molecule has 4 aromatic rings. The Bertz CT molecular complexity index is 1410. The van der Waals surface area contributed by atoms with Gasteiger partial charge in [-0.1, -0.05) is 28.8 Å². The first-order valence-electron chi connectivity index (χ1n) is 11.3. The van der Waals surface area contributed by atoms with Crippen molar-refractivity contribution in [1.29, 1.82) is 0 Å². The highest BCUT2D eigenvalue weighted by Crippen LogP contribution is 2.33. The number of halogens is 1. The first-order chi connectivity index (χ1) is 17.5. The lowest BCUT2D eigenvalue weighted by Crippen LogP contribution is -2.25. The van der Waals surface area contributed by atoms with Crippen LogP contribution in [0.1, 0.15) is 12.5 Å². The molecule has 0 bridgehead atoms. The van der Waals surface area contributed by atoms with E-state index in [9.17, 15) is 4.79 Å². The molecule has 0 unspecified atom stereocenters. The Labute approximate surface area is 211 Å². The fourth-order valence-corrected chi connectivity index (χ4v) is 3.88. The minimum absolute atomic E-state index is 0.320. The number of fused-ring (bicyclic) bond motifs is 1. The predicted molar refractivity (Wildman–Crippen MR) is 137 cm³/mol. The molecule has 3 heterocycles. The third-order valence-corrected chi connectivity index (χ3v) is 5.75. The number of hydrogen-bond donors (Lipinski definition) is 3. The predicted octanol–water partition coefficient (Wildman–Crippen LogP) is 5.23. The molecule has 0 spiro atoms. The summed E-state index contributed by atoms with van der Waals surface area (Å²) >= 11 is 6.41. The number of carbonyl (C=O) groups is 1. The van der Waals surface area contributed by atoms with Gasteiger partial charge in [0.15, 0.2) is 5.82 Å². The van der Waals surface area contributed by atoms with Crippen LogP contribution in [0.3, 0.4) is 0 Å².